The molecule has 1 aromatic rings. The lowest BCUT2D eigenvalue weighted by molar-refractivity contribution is 0.137. The third-order valence-corrected chi connectivity index (χ3v) is 4.59. The quantitative estimate of drug-likeness (QED) is 0.900. The minimum Gasteiger partial charge on any atom is -0.335 e. The van der Waals surface area contributed by atoms with Crippen molar-refractivity contribution in [3.63, 3.8) is 0 Å². The van der Waals surface area contributed by atoms with E-state index in [4.69, 9.17) is 0 Å². The van der Waals surface area contributed by atoms with Crippen molar-refractivity contribution in [2.75, 3.05) is 7.05 Å². The predicted molar refractivity (Wildman–Crippen MR) is 93.3 cm³/mol. The molecule has 5 heteroatoms. The van der Waals surface area contributed by atoms with Gasteiger partial charge < -0.3 is 15.5 Å². The van der Waals surface area contributed by atoms with Crippen molar-refractivity contribution in [1.82, 2.24) is 20.5 Å². The molecule has 0 aromatic carbocycles. The van der Waals surface area contributed by atoms with Crippen molar-refractivity contribution < 1.29 is 4.79 Å². The van der Waals surface area contributed by atoms with Crippen molar-refractivity contribution in [2.24, 2.45) is 0 Å². The fourth-order valence-corrected chi connectivity index (χ4v) is 3.72. The minimum absolute atomic E-state index is 0.00793. The molecule has 2 N–H and O–H groups in total. The maximum atomic E-state index is 12.6. The summed E-state index contributed by atoms with van der Waals surface area (Å²) in [6.07, 6.45) is 5.41. The number of aromatic nitrogens is 1. The monoisotopic (exact) mass is 318 g/mol. The van der Waals surface area contributed by atoms with Crippen LogP contribution in [0.4, 0.5) is 4.79 Å². The maximum Gasteiger partial charge on any atom is 0.317 e. The van der Waals surface area contributed by atoms with E-state index in [0.717, 1.165) is 18.4 Å². The first-order chi connectivity index (χ1) is 10.6. The molecule has 0 radical (unpaired) electrons. The van der Waals surface area contributed by atoms with Gasteiger partial charge in [-0.15, -0.1) is 0 Å². The van der Waals surface area contributed by atoms with Crippen LogP contribution in [0.3, 0.4) is 0 Å². The summed E-state index contributed by atoms with van der Waals surface area (Å²) < 4.78 is 0. The van der Waals surface area contributed by atoms with E-state index in [-0.39, 0.29) is 29.2 Å². The number of hydrogen-bond donors (Lipinski definition) is 2. The van der Waals surface area contributed by atoms with Gasteiger partial charge in [0.25, 0.3) is 0 Å². The van der Waals surface area contributed by atoms with E-state index >= 15 is 0 Å². The minimum atomic E-state index is -0.0279. The second-order valence-corrected chi connectivity index (χ2v) is 8.02. The molecule has 0 spiro atoms. The SMILES string of the molecule is CC(c1cccnc1)N(C)C(=O)NC1CC(C)(C)NC(C)(C)C1. The van der Waals surface area contributed by atoms with Crippen molar-refractivity contribution in [3.8, 4) is 0 Å². The molecule has 23 heavy (non-hydrogen) atoms. The third kappa shape index (κ3) is 4.67. The first kappa shape index (κ1) is 17.7. The van der Waals surface area contributed by atoms with E-state index in [0.29, 0.717) is 0 Å². The fourth-order valence-electron chi connectivity index (χ4n) is 3.72. The molecule has 0 saturated carbocycles. The molecule has 2 rings (SSSR count). The summed E-state index contributed by atoms with van der Waals surface area (Å²) in [5.74, 6) is 0. The molecule has 0 aliphatic carbocycles. The van der Waals surface area contributed by atoms with Gasteiger partial charge in [0, 0.05) is 36.6 Å². The fraction of sp³-hybridized carbons (Fsp3) is 0.667. The Hall–Kier alpha value is -1.62. The molecule has 1 aromatic heterocycles. The second kappa shape index (κ2) is 6.48. The molecule has 0 bridgehead atoms. The number of amides is 2. The maximum absolute atomic E-state index is 12.6. The first-order valence-corrected chi connectivity index (χ1v) is 8.32. The van der Waals surface area contributed by atoms with Gasteiger partial charge in [0.1, 0.15) is 0 Å². The molecule has 2 heterocycles. The molecule has 1 saturated heterocycles. The summed E-state index contributed by atoms with van der Waals surface area (Å²) in [6.45, 7) is 10.8. The summed E-state index contributed by atoms with van der Waals surface area (Å²) in [5.41, 5.74) is 1.08. The third-order valence-electron chi connectivity index (χ3n) is 4.59. The van der Waals surface area contributed by atoms with E-state index in [1.165, 1.54) is 0 Å². The van der Waals surface area contributed by atoms with Crippen molar-refractivity contribution in [2.45, 2.75) is 70.6 Å². The van der Waals surface area contributed by atoms with Crippen LogP contribution in [0.2, 0.25) is 0 Å². The van der Waals surface area contributed by atoms with E-state index in [2.05, 4.69) is 43.3 Å². The summed E-state index contributed by atoms with van der Waals surface area (Å²) >= 11 is 0. The smallest absolute Gasteiger partial charge is 0.317 e. The van der Waals surface area contributed by atoms with Gasteiger partial charge in [0.05, 0.1) is 6.04 Å². The van der Waals surface area contributed by atoms with Crippen LogP contribution in [0.5, 0.6) is 0 Å². The topological polar surface area (TPSA) is 57.3 Å². The Labute approximate surface area is 139 Å². The lowest BCUT2D eigenvalue weighted by Crippen LogP contribution is -2.62. The van der Waals surface area contributed by atoms with Gasteiger partial charge in [0.2, 0.25) is 0 Å². The average Bonchev–Trinajstić information content (AvgIpc) is 2.43. The number of urea groups is 1. The Kier molecular flexibility index (Phi) is 4.99. The molecule has 128 valence electrons. The normalized spacial score (nSPS) is 21.5. The number of pyridine rings is 1. The Morgan fingerprint density at radius 1 is 1.35 bits per heavy atom. The number of rotatable bonds is 3. The first-order valence-electron chi connectivity index (χ1n) is 8.32. The van der Waals surface area contributed by atoms with Gasteiger partial charge >= 0.3 is 6.03 Å². The summed E-state index contributed by atoms with van der Waals surface area (Å²) in [6, 6.07) is 4.04. The van der Waals surface area contributed by atoms with Crippen LogP contribution in [0.1, 0.15) is 59.1 Å². The highest BCUT2D eigenvalue weighted by Gasteiger charge is 2.38. The van der Waals surface area contributed by atoms with Crippen LogP contribution < -0.4 is 10.6 Å². The molecule has 1 fully saturated rings. The Bertz CT molecular complexity index is 525. The van der Waals surface area contributed by atoms with Crippen LogP contribution in [-0.2, 0) is 0 Å². The van der Waals surface area contributed by atoms with Crippen LogP contribution in [0.15, 0.2) is 24.5 Å². The largest absolute Gasteiger partial charge is 0.335 e. The Morgan fingerprint density at radius 2 is 1.96 bits per heavy atom. The van der Waals surface area contributed by atoms with Gasteiger partial charge in [-0.1, -0.05) is 6.07 Å². The van der Waals surface area contributed by atoms with E-state index in [1.54, 1.807) is 11.1 Å². The molecule has 1 atom stereocenters. The molecular formula is C18H30N4O. The molecule has 1 aliphatic rings. The van der Waals surface area contributed by atoms with E-state index in [9.17, 15) is 4.79 Å². The number of nitrogens with zero attached hydrogens (tertiary/aromatic N) is 2. The zero-order chi connectivity index (χ0) is 17.3. The van der Waals surface area contributed by atoms with E-state index < -0.39 is 0 Å². The lowest BCUT2D eigenvalue weighted by Gasteiger charge is -2.47. The highest BCUT2D eigenvalue weighted by Crippen LogP contribution is 2.29. The van der Waals surface area contributed by atoms with Crippen molar-refractivity contribution in [3.05, 3.63) is 30.1 Å². The van der Waals surface area contributed by atoms with Crippen LogP contribution in [0, 0.1) is 0 Å². The molecule has 5 nitrogen and oxygen atoms in total. The highest BCUT2D eigenvalue weighted by molar-refractivity contribution is 5.74. The average molecular weight is 318 g/mol. The highest BCUT2D eigenvalue weighted by atomic mass is 16.2. The molecule has 2 amide bonds. The zero-order valence-electron chi connectivity index (χ0n) is 15.2. The van der Waals surface area contributed by atoms with Crippen LogP contribution in [0.25, 0.3) is 0 Å². The van der Waals surface area contributed by atoms with Crippen molar-refractivity contribution >= 4 is 6.03 Å². The predicted octanol–water partition coefficient (Wildman–Crippen LogP) is 3.09. The summed E-state index contributed by atoms with van der Waals surface area (Å²) in [5, 5.41) is 6.85. The number of nitrogens with one attached hydrogen (secondary N) is 2. The molecule has 1 unspecified atom stereocenters. The summed E-state index contributed by atoms with van der Waals surface area (Å²) in [4.78, 5) is 18.5. The van der Waals surface area contributed by atoms with Gasteiger partial charge in [-0.25, -0.2) is 4.79 Å². The number of carbonyl (C=O) groups is 1. The molecular weight excluding hydrogens is 288 g/mol. The van der Waals surface area contributed by atoms with Crippen LogP contribution >= 0.6 is 0 Å². The zero-order valence-corrected chi connectivity index (χ0v) is 15.2. The number of piperidine rings is 1. The van der Waals surface area contributed by atoms with Crippen molar-refractivity contribution in [1.29, 1.82) is 0 Å². The second-order valence-electron chi connectivity index (χ2n) is 8.02. The van der Waals surface area contributed by atoms with Gasteiger partial charge in [-0.05, 0) is 59.1 Å². The van der Waals surface area contributed by atoms with E-state index in [1.807, 2.05) is 32.3 Å². The standard InChI is InChI=1S/C18H30N4O/c1-13(14-8-7-9-19-12-14)22(6)16(23)20-15-10-17(2,3)21-18(4,5)11-15/h7-9,12-13,15,21H,10-11H2,1-6H3,(H,20,23). The van der Waals surface area contributed by atoms with Gasteiger partial charge in [-0.2, -0.15) is 0 Å². The lowest BCUT2D eigenvalue weighted by atomic mass is 9.79. The van der Waals surface area contributed by atoms with Gasteiger partial charge in [0.15, 0.2) is 0 Å². The molecule has 1 aliphatic heterocycles. The number of carbonyl (C=O) groups excluding carboxylic acids is 1. The Morgan fingerprint density at radius 3 is 2.48 bits per heavy atom. The van der Waals surface area contributed by atoms with Gasteiger partial charge in [-0.3, -0.25) is 4.98 Å². The number of hydrogen-bond acceptors (Lipinski definition) is 3. The summed E-state index contributed by atoms with van der Waals surface area (Å²) in [7, 11) is 1.84. The Balaban J connectivity index is 2.01. The van der Waals surface area contributed by atoms with Crippen LogP contribution in [-0.4, -0.2) is 40.1 Å².